The molecule has 1 aromatic carbocycles. The molecular weight excluding hydrogens is 292 g/mol. The lowest BCUT2D eigenvalue weighted by Gasteiger charge is -2.05. The molecule has 0 atom stereocenters. The first-order valence-corrected chi connectivity index (χ1v) is 7.67. The van der Waals surface area contributed by atoms with E-state index in [2.05, 4.69) is 10.3 Å². The quantitative estimate of drug-likeness (QED) is 0.797. The van der Waals surface area contributed by atoms with Crippen LogP contribution in [-0.2, 0) is 0 Å². The number of amides is 1. The summed E-state index contributed by atoms with van der Waals surface area (Å²) in [6.07, 6.45) is 0. The van der Waals surface area contributed by atoms with Gasteiger partial charge in [0, 0.05) is 5.69 Å². The second kappa shape index (κ2) is 5.22. The Kier molecular flexibility index (Phi) is 3.42. The van der Waals surface area contributed by atoms with Crippen molar-refractivity contribution in [1.29, 1.82) is 0 Å². The van der Waals surface area contributed by atoms with Crippen LogP contribution in [0.2, 0.25) is 0 Å². The molecule has 0 saturated carbocycles. The average Bonchev–Trinajstić information content (AvgIpc) is 3.02. The second-order valence-corrected chi connectivity index (χ2v) is 6.34. The summed E-state index contributed by atoms with van der Waals surface area (Å²) in [7, 11) is 1.56. The van der Waals surface area contributed by atoms with Gasteiger partial charge in [0.1, 0.15) is 10.6 Å². The molecule has 0 saturated heterocycles. The third kappa shape index (κ3) is 2.39. The van der Waals surface area contributed by atoms with E-state index < -0.39 is 0 Å². The SMILES string of the molecule is COc1ccsc1C(=O)Nc1ccc2sc(C)nc2c1. The Hall–Kier alpha value is -1.92. The van der Waals surface area contributed by atoms with Crippen molar-refractivity contribution in [1.82, 2.24) is 4.98 Å². The van der Waals surface area contributed by atoms with Gasteiger partial charge in [0.25, 0.3) is 5.91 Å². The number of hydrogen-bond acceptors (Lipinski definition) is 5. The maximum atomic E-state index is 12.2. The van der Waals surface area contributed by atoms with Gasteiger partial charge in [0.05, 0.1) is 22.3 Å². The third-order valence-corrected chi connectivity index (χ3v) is 4.65. The maximum Gasteiger partial charge on any atom is 0.269 e. The molecule has 1 N–H and O–H groups in total. The minimum Gasteiger partial charge on any atom is -0.495 e. The van der Waals surface area contributed by atoms with Crippen LogP contribution in [0.3, 0.4) is 0 Å². The van der Waals surface area contributed by atoms with Crippen molar-refractivity contribution < 1.29 is 9.53 Å². The molecule has 0 aliphatic carbocycles. The maximum absolute atomic E-state index is 12.2. The van der Waals surface area contributed by atoms with Crippen molar-refractivity contribution in [2.24, 2.45) is 0 Å². The fourth-order valence-electron chi connectivity index (χ4n) is 1.93. The fraction of sp³-hybridized carbons (Fsp3) is 0.143. The van der Waals surface area contributed by atoms with E-state index in [0.717, 1.165) is 20.9 Å². The molecule has 20 heavy (non-hydrogen) atoms. The largest absolute Gasteiger partial charge is 0.495 e. The summed E-state index contributed by atoms with van der Waals surface area (Å²) in [4.78, 5) is 17.2. The van der Waals surface area contributed by atoms with Crippen molar-refractivity contribution in [3.8, 4) is 5.75 Å². The van der Waals surface area contributed by atoms with Crippen molar-refractivity contribution in [3.63, 3.8) is 0 Å². The van der Waals surface area contributed by atoms with E-state index in [-0.39, 0.29) is 5.91 Å². The highest BCUT2D eigenvalue weighted by Crippen LogP contribution is 2.27. The number of anilines is 1. The van der Waals surface area contributed by atoms with Gasteiger partial charge >= 0.3 is 0 Å². The van der Waals surface area contributed by atoms with Crippen LogP contribution >= 0.6 is 22.7 Å². The van der Waals surface area contributed by atoms with Gasteiger partial charge in [-0.2, -0.15) is 0 Å². The lowest BCUT2D eigenvalue weighted by Crippen LogP contribution is -2.11. The summed E-state index contributed by atoms with van der Waals surface area (Å²) in [5.41, 5.74) is 1.65. The smallest absolute Gasteiger partial charge is 0.269 e. The topological polar surface area (TPSA) is 51.2 Å². The highest BCUT2D eigenvalue weighted by molar-refractivity contribution is 7.18. The van der Waals surface area contributed by atoms with Gasteiger partial charge in [0.2, 0.25) is 0 Å². The number of carbonyl (C=O) groups excluding carboxylic acids is 1. The molecule has 102 valence electrons. The van der Waals surface area contributed by atoms with E-state index in [1.54, 1.807) is 24.5 Å². The minimum absolute atomic E-state index is 0.164. The van der Waals surface area contributed by atoms with Gasteiger partial charge in [-0.05, 0) is 36.6 Å². The number of hydrogen-bond donors (Lipinski definition) is 1. The van der Waals surface area contributed by atoms with E-state index in [4.69, 9.17) is 4.74 Å². The number of ether oxygens (including phenoxy) is 1. The Morgan fingerprint density at radius 3 is 3.00 bits per heavy atom. The van der Waals surface area contributed by atoms with Crippen LogP contribution in [0, 0.1) is 6.92 Å². The number of rotatable bonds is 3. The molecule has 0 unspecified atom stereocenters. The third-order valence-electron chi connectivity index (χ3n) is 2.81. The highest BCUT2D eigenvalue weighted by Gasteiger charge is 2.14. The molecule has 0 spiro atoms. The molecule has 0 bridgehead atoms. The summed E-state index contributed by atoms with van der Waals surface area (Å²) < 4.78 is 6.28. The zero-order valence-electron chi connectivity index (χ0n) is 11.0. The van der Waals surface area contributed by atoms with Crippen molar-refractivity contribution in [2.45, 2.75) is 6.92 Å². The molecule has 3 rings (SSSR count). The molecule has 3 aromatic rings. The molecular formula is C14H12N2O2S2. The molecule has 0 radical (unpaired) electrons. The Morgan fingerprint density at radius 2 is 2.20 bits per heavy atom. The van der Waals surface area contributed by atoms with Gasteiger partial charge in [-0.15, -0.1) is 22.7 Å². The average molecular weight is 304 g/mol. The Morgan fingerprint density at radius 1 is 1.35 bits per heavy atom. The summed E-state index contributed by atoms with van der Waals surface area (Å²) in [6.45, 7) is 1.97. The predicted octanol–water partition coefficient (Wildman–Crippen LogP) is 3.93. The Labute approximate surface area is 124 Å². The van der Waals surface area contributed by atoms with Gasteiger partial charge in [-0.1, -0.05) is 0 Å². The van der Waals surface area contributed by atoms with Gasteiger partial charge in [-0.25, -0.2) is 4.98 Å². The number of carbonyl (C=O) groups is 1. The second-order valence-electron chi connectivity index (χ2n) is 4.19. The minimum atomic E-state index is -0.164. The number of nitrogens with one attached hydrogen (secondary N) is 1. The van der Waals surface area contributed by atoms with Crippen LogP contribution in [0.1, 0.15) is 14.7 Å². The first kappa shape index (κ1) is 13.1. The zero-order chi connectivity index (χ0) is 14.1. The lowest BCUT2D eigenvalue weighted by atomic mass is 10.3. The van der Waals surface area contributed by atoms with Crippen molar-refractivity contribution >= 4 is 44.5 Å². The molecule has 6 heteroatoms. The van der Waals surface area contributed by atoms with Crippen molar-refractivity contribution in [2.75, 3.05) is 12.4 Å². The summed E-state index contributed by atoms with van der Waals surface area (Å²) in [5, 5.41) is 5.73. The van der Waals surface area contributed by atoms with Crippen LogP contribution in [0.15, 0.2) is 29.6 Å². The number of benzene rings is 1. The number of fused-ring (bicyclic) bond motifs is 1. The zero-order valence-corrected chi connectivity index (χ0v) is 12.6. The highest BCUT2D eigenvalue weighted by atomic mass is 32.1. The van der Waals surface area contributed by atoms with Crippen LogP contribution in [0.4, 0.5) is 5.69 Å². The van der Waals surface area contributed by atoms with Gasteiger partial charge < -0.3 is 10.1 Å². The van der Waals surface area contributed by atoms with Gasteiger partial charge in [0.15, 0.2) is 0 Å². The summed E-state index contributed by atoms with van der Waals surface area (Å²) >= 11 is 3.00. The number of thiophene rings is 1. The molecule has 0 fully saturated rings. The van der Waals surface area contributed by atoms with Crippen LogP contribution < -0.4 is 10.1 Å². The number of thiazole rings is 1. The fourth-order valence-corrected chi connectivity index (χ4v) is 3.49. The molecule has 2 heterocycles. The molecule has 1 amide bonds. The molecule has 4 nitrogen and oxygen atoms in total. The summed E-state index contributed by atoms with van der Waals surface area (Å²) in [6, 6.07) is 7.53. The van der Waals surface area contributed by atoms with Crippen LogP contribution in [-0.4, -0.2) is 18.0 Å². The molecule has 0 aliphatic heterocycles. The molecule has 2 aromatic heterocycles. The monoisotopic (exact) mass is 304 g/mol. The first-order valence-electron chi connectivity index (χ1n) is 5.97. The Bertz CT molecular complexity index is 776. The Balaban J connectivity index is 1.87. The number of aromatic nitrogens is 1. The normalized spacial score (nSPS) is 10.7. The van der Waals surface area contributed by atoms with Gasteiger partial charge in [-0.3, -0.25) is 4.79 Å². The van der Waals surface area contributed by atoms with E-state index in [1.807, 2.05) is 30.5 Å². The van der Waals surface area contributed by atoms with E-state index in [0.29, 0.717) is 10.6 Å². The summed E-state index contributed by atoms with van der Waals surface area (Å²) in [5.74, 6) is 0.432. The number of aryl methyl sites for hydroxylation is 1. The molecule has 0 aliphatic rings. The first-order chi connectivity index (χ1) is 9.67. The van der Waals surface area contributed by atoms with E-state index in [1.165, 1.54) is 11.3 Å². The van der Waals surface area contributed by atoms with E-state index >= 15 is 0 Å². The standard InChI is InChI=1S/C14H12N2O2S2/c1-8-15-10-7-9(3-4-12(10)20-8)16-14(17)13-11(18-2)5-6-19-13/h3-7H,1-2H3,(H,16,17). The number of methoxy groups -OCH3 is 1. The van der Waals surface area contributed by atoms with Crippen molar-refractivity contribution in [3.05, 3.63) is 39.5 Å². The lowest BCUT2D eigenvalue weighted by molar-refractivity contribution is 0.102. The predicted molar refractivity (Wildman–Crippen MR) is 83.2 cm³/mol. The van der Waals surface area contributed by atoms with Crippen LogP contribution in [0.25, 0.3) is 10.2 Å². The number of nitrogens with zero attached hydrogens (tertiary/aromatic N) is 1. The van der Waals surface area contributed by atoms with E-state index in [9.17, 15) is 4.79 Å². The van der Waals surface area contributed by atoms with Crippen LogP contribution in [0.5, 0.6) is 5.75 Å².